The van der Waals surface area contributed by atoms with Gasteiger partial charge in [0.05, 0.1) is 30.8 Å². The van der Waals surface area contributed by atoms with E-state index in [0.29, 0.717) is 47.2 Å². The van der Waals surface area contributed by atoms with Gasteiger partial charge in [0, 0.05) is 42.1 Å². The van der Waals surface area contributed by atoms with Gasteiger partial charge in [-0.2, -0.15) is 0 Å². The highest BCUT2D eigenvalue weighted by atomic mass is 35.5. The molecule has 3 amide bonds. The number of carbonyl (C=O) groups excluding carboxylic acids is 3. The van der Waals surface area contributed by atoms with Gasteiger partial charge in [0.1, 0.15) is 17.0 Å². The van der Waals surface area contributed by atoms with Crippen LogP contribution >= 0.6 is 11.6 Å². The second-order valence-electron chi connectivity index (χ2n) is 12.4. The third-order valence-corrected chi connectivity index (χ3v) is 8.83. The molecule has 1 aliphatic heterocycles. The minimum atomic E-state index is -1.59. The molecule has 1 aromatic heterocycles. The summed E-state index contributed by atoms with van der Waals surface area (Å²) in [4.78, 5) is 44.2. The maximum Gasteiger partial charge on any atom is 0.239 e. The molecule has 2 heterocycles. The summed E-state index contributed by atoms with van der Waals surface area (Å²) in [5.41, 5.74) is -0.723. The normalized spacial score (nSPS) is 13.8. The zero-order valence-corrected chi connectivity index (χ0v) is 28.8. The van der Waals surface area contributed by atoms with E-state index in [0.717, 1.165) is 38.1 Å². The maximum absolute atomic E-state index is 15.3. The first-order valence-electron chi connectivity index (χ1n) is 16.0. The van der Waals surface area contributed by atoms with Gasteiger partial charge in [-0.3, -0.25) is 24.3 Å². The molecule has 0 unspecified atom stereocenters. The minimum absolute atomic E-state index is 0.0000731. The molecule has 14 heteroatoms. The Bertz CT molecular complexity index is 1900. The van der Waals surface area contributed by atoms with Crippen LogP contribution < -0.4 is 30.2 Å². The summed E-state index contributed by atoms with van der Waals surface area (Å²) < 4.78 is 46.5. The van der Waals surface area contributed by atoms with Crippen LogP contribution in [-0.4, -0.2) is 68.0 Å². The Hall–Kier alpha value is -5.01. The van der Waals surface area contributed by atoms with Gasteiger partial charge in [0.25, 0.3) is 0 Å². The number of fused-ring (bicyclic) bond motifs is 1. The molecule has 50 heavy (non-hydrogen) atoms. The Morgan fingerprint density at radius 3 is 2.22 bits per heavy atom. The van der Waals surface area contributed by atoms with Crippen LogP contribution in [0.4, 0.5) is 20.2 Å². The van der Waals surface area contributed by atoms with E-state index >= 15 is 4.39 Å². The van der Waals surface area contributed by atoms with Crippen molar-refractivity contribution in [2.75, 3.05) is 51.0 Å². The van der Waals surface area contributed by atoms with Crippen LogP contribution in [0.1, 0.15) is 26.7 Å². The molecule has 1 aliphatic rings. The number of nitrogens with zero attached hydrogens (tertiary/aromatic N) is 2. The standard InChI is InChI=1S/C36H38ClF2N5O6/c1-36(2,34(46)42-22-5-7-26(38)25(37)15-22)35(47)43-23-6-8-30(27(39)16-23)50-29-9-12-41-28-18-32(31(48-4)17-24(28)29)49-20-21-10-13-44(14-11-21)19-33(45)40-3/h5-9,12,15-18,21H,10-11,13-14,19-20H2,1-4H3,(H,40,45)(H,42,46)(H,43,47). The van der Waals surface area contributed by atoms with Crippen molar-refractivity contribution >= 4 is 51.6 Å². The van der Waals surface area contributed by atoms with Crippen molar-refractivity contribution in [1.82, 2.24) is 15.2 Å². The van der Waals surface area contributed by atoms with Gasteiger partial charge in [-0.15, -0.1) is 0 Å². The average Bonchev–Trinajstić information content (AvgIpc) is 3.10. The number of anilines is 2. The zero-order chi connectivity index (χ0) is 36.0. The molecule has 4 aromatic rings. The maximum atomic E-state index is 15.3. The second-order valence-corrected chi connectivity index (χ2v) is 12.8. The Morgan fingerprint density at radius 2 is 1.58 bits per heavy atom. The smallest absolute Gasteiger partial charge is 0.239 e. The third-order valence-electron chi connectivity index (χ3n) is 8.54. The number of aromatic nitrogens is 1. The Kier molecular flexibility index (Phi) is 11.4. The summed E-state index contributed by atoms with van der Waals surface area (Å²) >= 11 is 5.79. The number of carbonyl (C=O) groups is 3. The average molecular weight is 710 g/mol. The Balaban J connectivity index is 1.23. The van der Waals surface area contributed by atoms with E-state index in [2.05, 4.69) is 25.8 Å². The fourth-order valence-corrected chi connectivity index (χ4v) is 5.50. The summed E-state index contributed by atoms with van der Waals surface area (Å²) in [6.45, 7) is 5.29. The molecule has 3 N–H and O–H groups in total. The Labute approximate surface area is 293 Å². The summed E-state index contributed by atoms with van der Waals surface area (Å²) in [6.07, 6.45) is 3.34. The van der Waals surface area contributed by atoms with E-state index < -0.39 is 28.9 Å². The lowest BCUT2D eigenvalue weighted by atomic mass is 9.90. The molecular weight excluding hydrogens is 672 g/mol. The molecule has 0 spiro atoms. The number of rotatable bonds is 12. The fourth-order valence-electron chi connectivity index (χ4n) is 5.32. The van der Waals surface area contributed by atoms with Crippen molar-refractivity contribution in [3.8, 4) is 23.0 Å². The number of hydrogen-bond acceptors (Lipinski definition) is 8. The number of ether oxygens (including phenoxy) is 3. The molecule has 1 saturated heterocycles. The van der Waals surface area contributed by atoms with Crippen molar-refractivity contribution in [3.05, 3.63) is 77.5 Å². The zero-order valence-electron chi connectivity index (χ0n) is 28.1. The third kappa shape index (κ3) is 8.58. The number of benzene rings is 3. The SMILES string of the molecule is CNC(=O)CN1CCC(COc2cc3nccc(Oc4ccc(NC(=O)C(C)(C)C(=O)Nc5ccc(F)c(Cl)c5)cc4F)c3cc2OC)CC1. The van der Waals surface area contributed by atoms with Crippen molar-refractivity contribution in [3.63, 3.8) is 0 Å². The highest BCUT2D eigenvalue weighted by Crippen LogP contribution is 2.38. The first kappa shape index (κ1) is 36.3. The Morgan fingerprint density at radius 1 is 0.900 bits per heavy atom. The fraction of sp³-hybridized carbons (Fsp3) is 0.333. The molecule has 0 bridgehead atoms. The van der Waals surface area contributed by atoms with Gasteiger partial charge in [0.2, 0.25) is 17.7 Å². The van der Waals surface area contributed by atoms with Crippen molar-refractivity contribution in [1.29, 1.82) is 0 Å². The highest BCUT2D eigenvalue weighted by molar-refractivity contribution is 6.31. The number of methoxy groups -OCH3 is 1. The van der Waals surface area contributed by atoms with Gasteiger partial charge in [-0.05, 0) is 88.2 Å². The minimum Gasteiger partial charge on any atom is -0.493 e. The van der Waals surface area contributed by atoms with Gasteiger partial charge in [-0.25, -0.2) is 8.78 Å². The molecule has 1 fully saturated rings. The van der Waals surface area contributed by atoms with Crippen molar-refractivity contribution in [2.45, 2.75) is 26.7 Å². The second kappa shape index (κ2) is 15.7. The molecule has 264 valence electrons. The largest absolute Gasteiger partial charge is 0.493 e. The van der Waals surface area contributed by atoms with Crippen molar-refractivity contribution < 1.29 is 37.4 Å². The van der Waals surface area contributed by atoms with Crippen LogP contribution in [0.2, 0.25) is 5.02 Å². The molecule has 11 nitrogen and oxygen atoms in total. The number of piperidine rings is 1. The highest BCUT2D eigenvalue weighted by Gasteiger charge is 2.36. The van der Waals surface area contributed by atoms with E-state index in [1.54, 1.807) is 25.2 Å². The van der Waals surface area contributed by atoms with Gasteiger partial charge in [0.15, 0.2) is 23.1 Å². The van der Waals surface area contributed by atoms with Crippen LogP contribution in [0.25, 0.3) is 10.9 Å². The number of nitrogens with one attached hydrogen (secondary N) is 3. The summed E-state index contributed by atoms with van der Waals surface area (Å²) in [5, 5.41) is 8.14. The van der Waals surface area contributed by atoms with Crippen molar-refractivity contribution in [2.24, 2.45) is 11.3 Å². The molecule has 0 saturated carbocycles. The molecule has 3 aromatic carbocycles. The topological polar surface area (TPSA) is 131 Å². The first-order valence-corrected chi connectivity index (χ1v) is 16.3. The molecule has 0 aliphatic carbocycles. The van der Waals surface area contributed by atoms with Gasteiger partial charge in [-0.1, -0.05) is 11.6 Å². The molecular formula is C36H38ClF2N5O6. The molecule has 0 radical (unpaired) electrons. The summed E-state index contributed by atoms with van der Waals surface area (Å²) in [5.74, 6) is -1.28. The lowest BCUT2D eigenvalue weighted by Crippen LogP contribution is -2.41. The lowest BCUT2D eigenvalue weighted by molar-refractivity contribution is -0.135. The summed E-state index contributed by atoms with van der Waals surface area (Å²) in [7, 11) is 3.16. The number of amides is 3. The first-order chi connectivity index (χ1) is 23.9. The van der Waals surface area contributed by atoms with Crippen LogP contribution in [0.5, 0.6) is 23.0 Å². The predicted octanol–water partition coefficient (Wildman–Crippen LogP) is 6.41. The molecule has 0 atom stereocenters. The van der Waals surface area contributed by atoms with Gasteiger partial charge >= 0.3 is 0 Å². The lowest BCUT2D eigenvalue weighted by Gasteiger charge is -2.31. The number of likely N-dealkylation sites (N-methyl/N-ethyl adjacent to an activating group) is 1. The van der Waals surface area contributed by atoms with Crippen LogP contribution in [0, 0.1) is 23.0 Å². The number of pyridine rings is 1. The van der Waals surface area contributed by atoms with E-state index in [9.17, 15) is 18.8 Å². The summed E-state index contributed by atoms with van der Waals surface area (Å²) in [6, 6.07) is 12.6. The van der Waals surface area contributed by atoms with Crippen LogP contribution in [-0.2, 0) is 14.4 Å². The van der Waals surface area contributed by atoms with E-state index in [1.807, 2.05) is 0 Å². The van der Waals surface area contributed by atoms with Gasteiger partial charge < -0.3 is 30.2 Å². The van der Waals surface area contributed by atoms with Crippen LogP contribution in [0.3, 0.4) is 0 Å². The monoisotopic (exact) mass is 709 g/mol. The van der Waals surface area contributed by atoms with E-state index in [1.165, 1.54) is 51.4 Å². The van der Waals surface area contributed by atoms with E-state index in [4.69, 9.17) is 25.8 Å². The predicted molar refractivity (Wildman–Crippen MR) is 186 cm³/mol. The molecule has 5 rings (SSSR count). The van der Waals surface area contributed by atoms with E-state index in [-0.39, 0.29) is 28.1 Å². The quantitative estimate of drug-likeness (QED) is 0.144. The number of likely N-dealkylation sites (tertiary alicyclic amines) is 1. The van der Waals surface area contributed by atoms with Crippen LogP contribution in [0.15, 0.2) is 60.8 Å². The number of hydrogen-bond donors (Lipinski definition) is 3. The number of halogens is 3.